The van der Waals surface area contributed by atoms with Crippen LogP contribution < -0.4 is 5.73 Å². The highest BCUT2D eigenvalue weighted by atomic mass is 15.2. The number of likely N-dealkylation sites (tertiary alicyclic amines) is 1. The second-order valence-corrected chi connectivity index (χ2v) is 5.14. The number of nitrogens with two attached hydrogens (primary N) is 1. The molecule has 0 bridgehead atoms. The van der Waals surface area contributed by atoms with Crippen molar-refractivity contribution in [3.8, 4) is 0 Å². The molecule has 1 atom stereocenters. The van der Waals surface area contributed by atoms with Crippen LogP contribution >= 0.6 is 0 Å². The van der Waals surface area contributed by atoms with Gasteiger partial charge in [-0.25, -0.2) is 0 Å². The maximum atomic E-state index is 6.09. The first-order valence-corrected chi connectivity index (χ1v) is 5.64. The third-order valence-electron chi connectivity index (χ3n) is 4.26. The Morgan fingerprint density at radius 2 is 1.85 bits per heavy atom. The summed E-state index contributed by atoms with van der Waals surface area (Å²) in [5.74, 6) is 0. The summed E-state index contributed by atoms with van der Waals surface area (Å²) in [5.41, 5.74) is 6.65. The van der Waals surface area contributed by atoms with Crippen molar-refractivity contribution in [2.75, 3.05) is 13.1 Å². The molecule has 1 heterocycles. The molecule has 13 heavy (non-hydrogen) atoms. The number of hydrogen-bond donors (Lipinski definition) is 1. The van der Waals surface area contributed by atoms with Gasteiger partial charge in [-0.15, -0.1) is 0 Å². The van der Waals surface area contributed by atoms with Crippen LogP contribution in [0.25, 0.3) is 0 Å². The molecule has 1 saturated carbocycles. The van der Waals surface area contributed by atoms with Gasteiger partial charge in [0.15, 0.2) is 0 Å². The Hall–Kier alpha value is -0.0800. The minimum atomic E-state index is 0.516. The summed E-state index contributed by atoms with van der Waals surface area (Å²) < 4.78 is 0. The van der Waals surface area contributed by atoms with E-state index in [1.54, 1.807) is 0 Å². The highest BCUT2D eigenvalue weighted by molar-refractivity contribution is 5.01. The zero-order chi connectivity index (χ0) is 9.47. The van der Waals surface area contributed by atoms with Gasteiger partial charge in [-0.2, -0.15) is 0 Å². The molecule has 2 N–H and O–H groups in total. The Morgan fingerprint density at radius 1 is 1.23 bits per heavy atom. The van der Waals surface area contributed by atoms with Crippen molar-refractivity contribution in [3.63, 3.8) is 0 Å². The summed E-state index contributed by atoms with van der Waals surface area (Å²) in [6.45, 7) is 7.12. The van der Waals surface area contributed by atoms with Gasteiger partial charge in [-0.05, 0) is 58.0 Å². The fourth-order valence-electron chi connectivity index (χ4n) is 2.83. The third kappa shape index (κ3) is 1.50. The lowest BCUT2D eigenvalue weighted by molar-refractivity contribution is 0.000907. The molecule has 0 aromatic heterocycles. The Morgan fingerprint density at radius 3 is 2.15 bits per heavy atom. The minimum Gasteiger partial charge on any atom is -0.327 e. The predicted molar refractivity (Wildman–Crippen MR) is 55.6 cm³/mol. The molecule has 1 aliphatic heterocycles. The van der Waals surface area contributed by atoms with Crippen molar-refractivity contribution in [1.29, 1.82) is 0 Å². The predicted octanol–water partition coefficient (Wildman–Crippen LogP) is 1.60. The number of piperidine rings is 1. The summed E-state index contributed by atoms with van der Waals surface area (Å²) >= 11 is 0. The first-order chi connectivity index (χ1) is 6.14. The summed E-state index contributed by atoms with van der Waals surface area (Å²) in [6, 6.07) is 1.23. The largest absolute Gasteiger partial charge is 0.327 e. The number of nitrogens with zero attached hydrogens (tertiary/aromatic N) is 1. The summed E-state index contributed by atoms with van der Waals surface area (Å²) in [4.78, 5) is 2.58. The van der Waals surface area contributed by atoms with Gasteiger partial charge >= 0.3 is 0 Å². The Balaban J connectivity index is 1.89. The van der Waals surface area contributed by atoms with E-state index in [0.717, 1.165) is 0 Å². The van der Waals surface area contributed by atoms with Crippen molar-refractivity contribution in [2.24, 2.45) is 11.1 Å². The van der Waals surface area contributed by atoms with E-state index in [-0.39, 0.29) is 0 Å². The fraction of sp³-hybridized carbons (Fsp3) is 1.00. The standard InChI is InChI=1S/C11H22N2/c1-9(2)13-7-5-11(6-8-13)4-3-10(11)12/h9-10H,3-8,12H2,1-2H3/t10-/m1/s1. The van der Waals surface area contributed by atoms with E-state index in [0.29, 0.717) is 17.5 Å². The zero-order valence-electron chi connectivity index (χ0n) is 8.92. The van der Waals surface area contributed by atoms with Gasteiger partial charge in [0.05, 0.1) is 0 Å². The van der Waals surface area contributed by atoms with Crippen LogP contribution in [0.4, 0.5) is 0 Å². The lowest BCUT2D eigenvalue weighted by Gasteiger charge is -2.53. The molecule has 1 aliphatic carbocycles. The average Bonchev–Trinajstić information content (AvgIpc) is 2.15. The Labute approximate surface area is 81.5 Å². The molecule has 0 aromatic carbocycles. The molecule has 2 nitrogen and oxygen atoms in total. The van der Waals surface area contributed by atoms with E-state index in [1.807, 2.05) is 0 Å². The van der Waals surface area contributed by atoms with Gasteiger partial charge in [-0.3, -0.25) is 0 Å². The first-order valence-electron chi connectivity index (χ1n) is 5.64. The minimum absolute atomic E-state index is 0.516. The molecule has 0 radical (unpaired) electrons. The van der Waals surface area contributed by atoms with Crippen LogP contribution in [0.15, 0.2) is 0 Å². The monoisotopic (exact) mass is 182 g/mol. The maximum Gasteiger partial charge on any atom is 0.00967 e. The molecule has 0 aromatic rings. The van der Waals surface area contributed by atoms with E-state index in [9.17, 15) is 0 Å². The molecule has 1 saturated heterocycles. The molecule has 2 aliphatic rings. The van der Waals surface area contributed by atoms with Crippen molar-refractivity contribution >= 4 is 0 Å². The van der Waals surface area contributed by atoms with Crippen LogP contribution in [0, 0.1) is 5.41 Å². The van der Waals surface area contributed by atoms with Gasteiger partial charge < -0.3 is 10.6 Å². The average molecular weight is 182 g/mol. The van der Waals surface area contributed by atoms with E-state index in [2.05, 4.69) is 18.7 Å². The molecule has 1 spiro atoms. The van der Waals surface area contributed by atoms with Gasteiger partial charge in [0.2, 0.25) is 0 Å². The second kappa shape index (κ2) is 3.25. The van der Waals surface area contributed by atoms with E-state index in [4.69, 9.17) is 5.73 Å². The normalized spacial score (nSPS) is 33.7. The van der Waals surface area contributed by atoms with Crippen molar-refractivity contribution < 1.29 is 0 Å². The lowest BCUT2D eigenvalue weighted by atomic mass is 9.59. The Bertz CT molecular complexity index is 181. The van der Waals surface area contributed by atoms with Gasteiger partial charge in [0, 0.05) is 12.1 Å². The van der Waals surface area contributed by atoms with Crippen LogP contribution in [0.1, 0.15) is 39.5 Å². The van der Waals surface area contributed by atoms with Crippen LogP contribution in [0.3, 0.4) is 0 Å². The first kappa shape index (κ1) is 9.47. The molecular weight excluding hydrogens is 160 g/mol. The summed E-state index contributed by atoms with van der Waals surface area (Å²) in [5, 5.41) is 0. The summed E-state index contributed by atoms with van der Waals surface area (Å²) in [7, 11) is 0. The molecule has 0 amide bonds. The molecule has 76 valence electrons. The number of hydrogen-bond acceptors (Lipinski definition) is 2. The van der Waals surface area contributed by atoms with Gasteiger partial charge in [0.1, 0.15) is 0 Å². The molecule has 2 rings (SSSR count). The molecular formula is C11H22N2. The van der Waals surface area contributed by atoms with E-state index in [1.165, 1.54) is 38.8 Å². The van der Waals surface area contributed by atoms with Crippen LogP contribution in [-0.4, -0.2) is 30.1 Å². The maximum absolute atomic E-state index is 6.09. The SMILES string of the molecule is CC(C)N1CCC2(CC[C@H]2N)CC1. The third-order valence-corrected chi connectivity index (χ3v) is 4.26. The van der Waals surface area contributed by atoms with Crippen molar-refractivity contribution in [1.82, 2.24) is 4.90 Å². The summed E-state index contributed by atoms with van der Waals surface area (Å²) in [6.07, 6.45) is 5.33. The molecule has 2 fully saturated rings. The zero-order valence-corrected chi connectivity index (χ0v) is 8.92. The van der Waals surface area contributed by atoms with Crippen LogP contribution in [0.2, 0.25) is 0 Å². The molecule has 2 heteroatoms. The van der Waals surface area contributed by atoms with E-state index < -0.39 is 0 Å². The van der Waals surface area contributed by atoms with Gasteiger partial charge in [0.25, 0.3) is 0 Å². The highest BCUT2D eigenvalue weighted by Crippen LogP contribution is 2.48. The van der Waals surface area contributed by atoms with Crippen molar-refractivity contribution in [2.45, 2.75) is 51.6 Å². The lowest BCUT2D eigenvalue weighted by Crippen LogP contribution is -2.56. The second-order valence-electron chi connectivity index (χ2n) is 5.14. The Kier molecular flexibility index (Phi) is 2.37. The quantitative estimate of drug-likeness (QED) is 0.667. The molecule has 0 unspecified atom stereocenters. The van der Waals surface area contributed by atoms with Crippen LogP contribution in [-0.2, 0) is 0 Å². The van der Waals surface area contributed by atoms with E-state index >= 15 is 0 Å². The van der Waals surface area contributed by atoms with Crippen molar-refractivity contribution in [3.05, 3.63) is 0 Å². The van der Waals surface area contributed by atoms with Gasteiger partial charge in [-0.1, -0.05) is 0 Å². The fourth-order valence-corrected chi connectivity index (χ4v) is 2.83. The topological polar surface area (TPSA) is 29.3 Å². The number of rotatable bonds is 1. The highest BCUT2D eigenvalue weighted by Gasteiger charge is 2.46. The van der Waals surface area contributed by atoms with Crippen LogP contribution in [0.5, 0.6) is 0 Å². The smallest absolute Gasteiger partial charge is 0.00967 e.